The third kappa shape index (κ3) is 7.34. The molecule has 18 heteroatoms. The second-order valence-electron chi connectivity index (χ2n) is 10.8. The normalized spacial score (nSPS) is 20.0. The Morgan fingerprint density at radius 3 is 2.51 bits per heavy atom. The number of nitrogens with one attached hydrogen (secondary N) is 2. The number of fused-ring (bicyclic) bond motifs is 1. The number of carbonyl (C=O) groups excluding carboxylic acids is 2. The van der Waals surface area contributed by atoms with E-state index in [9.17, 15) is 41.0 Å². The molecule has 3 heterocycles. The molecule has 0 radical (unpaired) electrons. The molecule has 2 aliphatic rings. The summed E-state index contributed by atoms with van der Waals surface area (Å²) in [6.07, 6.45) is -3.48. The van der Waals surface area contributed by atoms with Crippen LogP contribution in [0, 0.1) is 11.8 Å². The lowest BCUT2D eigenvalue weighted by atomic mass is 9.79. The Hall–Kier alpha value is -3.96. The molecule has 2 saturated carbocycles. The molecule has 2 fully saturated rings. The number of ether oxygens (including phenoxy) is 1. The number of aliphatic hydroxyl groups is 1. The molecule has 12 nitrogen and oxygen atoms in total. The highest BCUT2D eigenvalue weighted by Crippen LogP contribution is 2.44. The Balaban J connectivity index is 1.33. The van der Waals surface area contributed by atoms with Crippen LogP contribution in [0.15, 0.2) is 23.1 Å². The zero-order valence-electron chi connectivity index (χ0n) is 22.4. The van der Waals surface area contributed by atoms with Gasteiger partial charge in [0.2, 0.25) is 23.4 Å². The monoisotopic (exact) mass is 619 g/mol. The zero-order chi connectivity index (χ0) is 30.9. The number of alkyl halides is 6. The molecule has 5 rings (SSSR count). The molecule has 0 saturated heterocycles. The van der Waals surface area contributed by atoms with Gasteiger partial charge in [0.25, 0.3) is 18.2 Å². The van der Waals surface area contributed by atoms with Crippen LogP contribution in [-0.2, 0) is 4.79 Å². The number of hydrogen-bond donors (Lipinski definition) is 3. The molecule has 0 aliphatic heterocycles. The van der Waals surface area contributed by atoms with E-state index in [1.165, 1.54) is 23.0 Å². The Bertz CT molecular complexity index is 1450. The van der Waals surface area contributed by atoms with Crippen LogP contribution in [0.1, 0.15) is 79.0 Å². The number of amides is 2. The Morgan fingerprint density at radius 2 is 1.84 bits per heavy atom. The molecule has 0 bridgehead atoms. The van der Waals surface area contributed by atoms with Crippen LogP contribution in [0.4, 0.5) is 26.3 Å². The maximum absolute atomic E-state index is 13.9. The molecule has 43 heavy (non-hydrogen) atoms. The lowest BCUT2D eigenvalue weighted by molar-refractivity contribution is -0.136. The second-order valence-corrected chi connectivity index (χ2v) is 10.8. The minimum Gasteiger partial charge on any atom is -0.468 e. The van der Waals surface area contributed by atoms with E-state index in [-0.39, 0.29) is 36.2 Å². The first-order chi connectivity index (χ1) is 20.3. The number of halogens is 6. The first kappa shape index (κ1) is 30.5. The molecular weight excluding hydrogens is 592 g/mol. The van der Waals surface area contributed by atoms with Gasteiger partial charge in [-0.2, -0.15) is 5.10 Å². The van der Waals surface area contributed by atoms with Gasteiger partial charge in [0.05, 0.1) is 24.1 Å². The average Bonchev–Trinajstić information content (AvgIpc) is 3.56. The van der Waals surface area contributed by atoms with Gasteiger partial charge >= 0.3 is 0 Å². The quantitative estimate of drug-likeness (QED) is 0.216. The van der Waals surface area contributed by atoms with Crippen LogP contribution >= 0.6 is 0 Å². The van der Waals surface area contributed by atoms with Gasteiger partial charge in [0, 0.05) is 37.7 Å². The lowest BCUT2D eigenvalue weighted by Gasteiger charge is -2.34. The molecule has 0 spiro atoms. The van der Waals surface area contributed by atoms with Crippen LogP contribution in [0.2, 0.25) is 0 Å². The molecular formula is C25H27F6N7O5. The van der Waals surface area contributed by atoms with Gasteiger partial charge in [-0.15, -0.1) is 0 Å². The topological polar surface area (TPSA) is 157 Å². The maximum Gasteiger partial charge on any atom is 0.289 e. The Morgan fingerprint density at radius 1 is 1.12 bits per heavy atom. The minimum absolute atomic E-state index is 0.0218. The van der Waals surface area contributed by atoms with Crippen molar-refractivity contribution < 1.29 is 50.4 Å². The van der Waals surface area contributed by atoms with E-state index in [2.05, 4.69) is 35.7 Å². The number of aromatic nitrogens is 5. The van der Waals surface area contributed by atoms with E-state index in [1.807, 2.05) is 0 Å². The molecule has 1 unspecified atom stereocenters. The number of imidazole rings is 1. The summed E-state index contributed by atoms with van der Waals surface area (Å²) in [6, 6.07) is 0.434. The van der Waals surface area contributed by atoms with E-state index in [0.29, 0.717) is 0 Å². The van der Waals surface area contributed by atoms with Crippen molar-refractivity contribution >= 4 is 17.5 Å². The minimum atomic E-state index is -2.87. The number of aliphatic hydroxyl groups excluding tert-OH is 1. The Kier molecular flexibility index (Phi) is 8.49. The summed E-state index contributed by atoms with van der Waals surface area (Å²) in [7, 11) is 0. The molecule has 3 N–H and O–H groups in total. The van der Waals surface area contributed by atoms with E-state index in [4.69, 9.17) is 4.74 Å². The van der Waals surface area contributed by atoms with Gasteiger partial charge in [-0.25, -0.2) is 40.5 Å². The van der Waals surface area contributed by atoms with Crippen LogP contribution < -0.4 is 15.4 Å². The summed E-state index contributed by atoms with van der Waals surface area (Å²) >= 11 is 0. The molecule has 234 valence electrons. The van der Waals surface area contributed by atoms with Crippen molar-refractivity contribution in [3.8, 4) is 5.88 Å². The molecule has 2 amide bonds. The molecule has 3 aromatic rings. The average molecular weight is 620 g/mol. The standard InChI is InChI=1S/C25H27F6N7O5/c26-16(27)11-42-23-20(36-43-37-23)22(41)35-19(13-1-3-24(28,29)4-2-13)15-10-38-17(33-15)6-14(9-32-38)21(40)34-18(39)5-12-7-25(30,31)8-12/h6,9-10,12-13,16,19,21,40H,1-5,7-8,11H2,(H,34,39)(H,35,41)/t19?,21-/m1/s1. The highest BCUT2D eigenvalue weighted by atomic mass is 19.3. The number of carbonyl (C=O) groups is 2. The fourth-order valence-electron chi connectivity index (χ4n) is 5.29. The summed E-state index contributed by atoms with van der Waals surface area (Å²) in [5.41, 5.74) is -0.0159. The summed E-state index contributed by atoms with van der Waals surface area (Å²) < 4.78 is 89.7. The van der Waals surface area contributed by atoms with Crippen molar-refractivity contribution in [2.24, 2.45) is 11.8 Å². The Labute approximate surface area is 239 Å². The largest absolute Gasteiger partial charge is 0.468 e. The highest BCUT2D eigenvalue weighted by molar-refractivity contribution is 5.94. The second kappa shape index (κ2) is 12.0. The first-order valence-electron chi connectivity index (χ1n) is 13.4. The molecule has 0 aromatic carbocycles. The number of rotatable bonds is 11. The zero-order valence-corrected chi connectivity index (χ0v) is 22.4. The SMILES string of the molecule is O=C(CC1CC(F)(F)C1)N[C@H](O)c1cnn2cc(C(NC(=O)c3nonc3OCC(F)F)C3CCC(F)(F)CC3)nc2c1. The highest BCUT2D eigenvalue weighted by Gasteiger charge is 2.46. The van der Waals surface area contributed by atoms with Crippen LogP contribution in [-0.4, -0.2) is 66.7 Å². The van der Waals surface area contributed by atoms with Crippen molar-refractivity contribution in [3.63, 3.8) is 0 Å². The predicted octanol–water partition coefficient (Wildman–Crippen LogP) is 3.60. The smallest absolute Gasteiger partial charge is 0.289 e. The van der Waals surface area contributed by atoms with Gasteiger partial charge in [-0.05, 0) is 41.1 Å². The molecule has 2 atom stereocenters. The number of hydrogen-bond acceptors (Lipinski definition) is 9. The van der Waals surface area contributed by atoms with Gasteiger partial charge in [0.1, 0.15) is 0 Å². The van der Waals surface area contributed by atoms with Gasteiger partial charge < -0.3 is 20.5 Å². The van der Waals surface area contributed by atoms with Crippen molar-refractivity contribution in [2.75, 3.05) is 6.61 Å². The van der Waals surface area contributed by atoms with E-state index >= 15 is 0 Å². The van der Waals surface area contributed by atoms with E-state index in [0.717, 1.165) is 0 Å². The van der Waals surface area contributed by atoms with Crippen molar-refractivity contribution in [2.45, 2.75) is 75.5 Å². The summed E-state index contributed by atoms with van der Waals surface area (Å²) in [5.74, 6) is -8.76. The molecule has 3 aromatic heterocycles. The predicted molar refractivity (Wildman–Crippen MR) is 131 cm³/mol. The fourth-order valence-corrected chi connectivity index (χ4v) is 5.29. The van der Waals surface area contributed by atoms with Gasteiger partial charge in [0.15, 0.2) is 18.5 Å². The van der Waals surface area contributed by atoms with Gasteiger partial charge in [-0.1, -0.05) is 0 Å². The summed E-state index contributed by atoms with van der Waals surface area (Å²) in [4.78, 5) is 29.7. The van der Waals surface area contributed by atoms with Crippen LogP contribution in [0.25, 0.3) is 5.65 Å². The first-order valence-corrected chi connectivity index (χ1v) is 13.4. The van der Waals surface area contributed by atoms with Gasteiger partial charge in [-0.3, -0.25) is 9.59 Å². The third-order valence-corrected chi connectivity index (χ3v) is 7.48. The van der Waals surface area contributed by atoms with Crippen molar-refractivity contribution in [1.82, 2.24) is 35.5 Å². The third-order valence-electron chi connectivity index (χ3n) is 7.48. The summed E-state index contributed by atoms with van der Waals surface area (Å²) in [5, 5.41) is 26.3. The van der Waals surface area contributed by atoms with E-state index in [1.54, 1.807) is 0 Å². The van der Waals surface area contributed by atoms with Crippen molar-refractivity contribution in [1.29, 1.82) is 0 Å². The van der Waals surface area contributed by atoms with Crippen molar-refractivity contribution in [3.05, 3.63) is 35.4 Å². The lowest BCUT2D eigenvalue weighted by Crippen LogP contribution is -2.39. The van der Waals surface area contributed by atoms with E-state index < -0.39 is 98.1 Å². The van der Waals surface area contributed by atoms with Crippen LogP contribution in [0.5, 0.6) is 5.88 Å². The van der Waals surface area contributed by atoms with Crippen LogP contribution in [0.3, 0.4) is 0 Å². The maximum atomic E-state index is 13.9. The fraction of sp³-hybridized carbons (Fsp3) is 0.600. The molecule has 2 aliphatic carbocycles. The number of nitrogens with zero attached hydrogens (tertiary/aromatic N) is 5. The summed E-state index contributed by atoms with van der Waals surface area (Å²) in [6.45, 7) is -1.07.